The molecule has 2 rings (SSSR count). The van der Waals surface area contributed by atoms with Crippen molar-refractivity contribution >= 4 is 11.9 Å². The molecular weight excluding hydrogens is 266 g/mol. The van der Waals surface area contributed by atoms with Crippen LogP contribution in [0, 0.1) is 5.92 Å². The lowest BCUT2D eigenvalue weighted by Gasteiger charge is -2.29. The summed E-state index contributed by atoms with van der Waals surface area (Å²) in [5, 5.41) is 9.39. The molecule has 1 aliphatic rings. The van der Waals surface area contributed by atoms with E-state index in [2.05, 4.69) is 0 Å². The van der Waals surface area contributed by atoms with Crippen LogP contribution in [0.15, 0.2) is 30.3 Å². The lowest BCUT2D eigenvalue weighted by molar-refractivity contribution is -0.150. The Kier molecular flexibility index (Phi) is 4.99. The van der Waals surface area contributed by atoms with Crippen molar-refractivity contribution in [1.82, 2.24) is 4.90 Å². The van der Waals surface area contributed by atoms with Gasteiger partial charge < -0.3 is 10.0 Å². The van der Waals surface area contributed by atoms with Crippen LogP contribution in [0.2, 0.25) is 0 Å². The van der Waals surface area contributed by atoms with Crippen LogP contribution in [-0.4, -0.2) is 27.9 Å². The number of hydrogen-bond donors (Lipinski definition) is 1. The van der Waals surface area contributed by atoms with Gasteiger partial charge in [-0.25, -0.2) is 4.79 Å². The summed E-state index contributed by atoms with van der Waals surface area (Å²) in [6.07, 6.45) is 2.59. The zero-order chi connectivity index (χ0) is 15.4. The van der Waals surface area contributed by atoms with Crippen LogP contribution < -0.4 is 0 Å². The first-order valence-electron chi connectivity index (χ1n) is 7.63. The van der Waals surface area contributed by atoms with E-state index in [0.29, 0.717) is 19.3 Å². The number of carbonyl (C=O) groups is 2. The SMILES string of the molecule is CCC(C)CC(=O)N1C(C(=O)O)CC[C@H]1c1ccccc1. The smallest absolute Gasteiger partial charge is 0.326 e. The minimum Gasteiger partial charge on any atom is -0.480 e. The van der Waals surface area contributed by atoms with E-state index < -0.39 is 12.0 Å². The molecule has 2 unspecified atom stereocenters. The number of carboxylic acids is 1. The number of hydrogen-bond acceptors (Lipinski definition) is 2. The Morgan fingerprint density at radius 3 is 2.52 bits per heavy atom. The predicted octanol–water partition coefficient (Wildman–Crippen LogP) is 3.24. The number of carbonyl (C=O) groups excluding carboxylic acids is 1. The summed E-state index contributed by atoms with van der Waals surface area (Å²) in [4.78, 5) is 25.6. The summed E-state index contributed by atoms with van der Waals surface area (Å²) in [6, 6.07) is 8.94. The van der Waals surface area contributed by atoms with E-state index in [9.17, 15) is 14.7 Å². The fourth-order valence-corrected chi connectivity index (χ4v) is 2.95. The molecule has 0 aromatic heterocycles. The van der Waals surface area contributed by atoms with E-state index in [1.54, 1.807) is 4.90 Å². The highest BCUT2D eigenvalue weighted by atomic mass is 16.4. The molecule has 3 atom stereocenters. The van der Waals surface area contributed by atoms with Crippen molar-refractivity contribution in [3.05, 3.63) is 35.9 Å². The Labute approximate surface area is 125 Å². The molecule has 1 aromatic rings. The summed E-state index contributed by atoms with van der Waals surface area (Å²) in [6.45, 7) is 4.08. The fourth-order valence-electron chi connectivity index (χ4n) is 2.95. The number of likely N-dealkylation sites (tertiary alicyclic amines) is 1. The zero-order valence-electron chi connectivity index (χ0n) is 12.7. The second kappa shape index (κ2) is 6.74. The van der Waals surface area contributed by atoms with Crippen LogP contribution in [0.3, 0.4) is 0 Å². The number of benzene rings is 1. The molecule has 0 aliphatic carbocycles. The third-order valence-electron chi connectivity index (χ3n) is 4.36. The highest BCUT2D eigenvalue weighted by Gasteiger charge is 2.41. The quantitative estimate of drug-likeness (QED) is 0.905. The Morgan fingerprint density at radius 2 is 1.95 bits per heavy atom. The minimum atomic E-state index is -0.897. The van der Waals surface area contributed by atoms with Crippen molar-refractivity contribution in [2.24, 2.45) is 5.92 Å². The lowest BCUT2D eigenvalue weighted by Crippen LogP contribution is -2.42. The van der Waals surface area contributed by atoms with Gasteiger partial charge in [-0.15, -0.1) is 0 Å². The van der Waals surface area contributed by atoms with Crippen LogP contribution in [0.1, 0.15) is 51.1 Å². The highest BCUT2D eigenvalue weighted by Crippen LogP contribution is 2.37. The standard InChI is InChI=1S/C17H23NO3/c1-3-12(2)11-16(19)18-14(9-10-15(18)17(20)21)13-7-5-4-6-8-13/h4-8,12,14-15H,3,9-11H2,1-2H3,(H,20,21)/t12?,14-,15?/m0/s1. The van der Waals surface area contributed by atoms with Gasteiger partial charge in [-0.05, 0) is 24.3 Å². The van der Waals surface area contributed by atoms with Crippen molar-refractivity contribution < 1.29 is 14.7 Å². The first kappa shape index (κ1) is 15.5. The van der Waals surface area contributed by atoms with Crippen LogP contribution in [0.25, 0.3) is 0 Å². The van der Waals surface area contributed by atoms with Gasteiger partial charge in [0, 0.05) is 6.42 Å². The van der Waals surface area contributed by atoms with Gasteiger partial charge in [0.05, 0.1) is 6.04 Å². The van der Waals surface area contributed by atoms with E-state index >= 15 is 0 Å². The van der Waals surface area contributed by atoms with Crippen LogP contribution in [0.4, 0.5) is 0 Å². The molecule has 1 saturated heterocycles. The summed E-state index contributed by atoms with van der Waals surface area (Å²) in [5.74, 6) is -0.655. The van der Waals surface area contributed by atoms with E-state index in [-0.39, 0.29) is 17.9 Å². The van der Waals surface area contributed by atoms with Gasteiger partial charge >= 0.3 is 5.97 Å². The largest absolute Gasteiger partial charge is 0.480 e. The topological polar surface area (TPSA) is 57.6 Å². The van der Waals surface area contributed by atoms with Crippen molar-refractivity contribution in [2.45, 2.75) is 51.6 Å². The summed E-state index contributed by atoms with van der Waals surface area (Å²) >= 11 is 0. The maximum Gasteiger partial charge on any atom is 0.326 e. The van der Waals surface area contributed by atoms with Crippen molar-refractivity contribution in [1.29, 1.82) is 0 Å². The number of carboxylic acid groups (broad SMARTS) is 1. The number of amides is 1. The molecule has 4 heteroatoms. The predicted molar refractivity (Wildman–Crippen MR) is 80.8 cm³/mol. The number of nitrogens with zero attached hydrogens (tertiary/aromatic N) is 1. The van der Waals surface area contributed by atoms with Crippen molar-refractivity contribution in [3.63, 3.8) is 0 Å². The Bertz CT molecular complexity index is 500. The Balaban J connectivity index is 2.24. The molecule has 4 nitrogen and oxygen atoms in total. The molecule has 0 spiro atoms. The molecule has 1 fully saturated rings. The van der Waals surface area contributed by atoms with Crippen molar-refractivity contribution in [2.75, 3.05) is 0 Å². The third-order valence-corrected chi connectivity index (χ3v) is 4.36. The van der Waals surface area contributed by atoms with Gasteiger partial charge in [0.25, 0.3) is 0 Å². The number of rotatable bonds is 5. The molecule has 0 radical (unpaired) electrons. The Morgan fingerprint density at radius 1 is 1.29 bits per heavy atom. The molecule has 0 saturated carbocycles. The van der Waals surface area contributed by atoms with E-state index in [0.717, 1.165) is 12.0 Å². The summed E-state index contributed by atoms with van der Waals surface area (Å²) in [7, 11) is 0. The van der Waals surface area contributed by atoms with Gasteiger partial charge in [-0.2, -0.15) is 0 Å². The first-order valence-corrected chi connectivity index (χ1v) is 7.63. The normalized spacial score (nSPS) is 23.0. The molecule has 1 aromatic carbocycles. The number of aliphatic carboxylic acids is 1. The third kappa shape index (κ3) is 3.43. The van der Waals surface area contributed by atoms with Gasteiger partial charge in [0.15, 0.2) is 0 Å². The Hall–Kier alpha value is -1.84. The summed E-state index contributed by atoms with van der Waals surface area (Å²) < 4.78 is 0. The van der Waals surface area contributed by atoms with Gasteiger partial charge in [-0.3, -0.25) is 4.79 Å². The average molecular weight is 289 g/mol. The highest BCUT2D eigenvalue weighted by molar-refractivity contribution is 5.85. The van der Waals surface area contributed by atoms with E-state index in [1.807, 2.05) is 44.2 Å². The minimum absolute atomic E-state index is 0.0388. The molecule has 114 valence electrons. The van der Waals surface area contributed by atoms with E-state index in [4.69, 9.17) is 0 Å². The van der Waals surface area contributed by atoms with Gasteiger partial charge in [0.1, 0.15) is 6.04 Å². The summed E-state index contributed by atoms with van der Waals surface area (Å²) in [5.41, 5.74) is 1.03. The molecular formula is C17H23NO3. The van der Waals surface area contributed by atoms with Crippen LogP contribution in [-0.2, 0) is 9.59 Å². The molecule has 1 heterocycles. The molecule has 1 aliphatic heterocycles. The fraction of sp³-hybridized carbons (Fsp3) is 0.529. The zero-order valence-corrected chi connectivity index (χ0v) is 12.7. The average Bonchev–Trinajstić information content (AvgIpc) is 2.93. The van der Waals surface area contributed by atoms with Gasteiger partial charge in [-0.1, -0.05) is 50.6 Å². The van der Waals surface area contributed by atoms with Gasteiger partial charge in [0.2, 0.25) is 5.91 Å². The second-order valence-corrected chi connectivity index (χ2v) is 5.88. The molecule has 1 amide bonds. The molecule has 21 heavy (non-hydrogen) atoms. The molecule has 1 N–H and O–H groups in total. The maximum atomic E-state index is 12.6. The van der Waals surface area contributed by atoms with Crippen molar-refractivity contribution in [3.8, 4) is 0 Å². The van der Waals surface area contributed by atoms with Crippen LogP contribution in [0.5, 0.6) is 0 Å². The lowest BCUT2D eigenvalue weighted by atomic mass is 10.0. The second-order valence-electron chi connectivity index (χ2n) is 5.88. The first-order chi connectivity index (χ1) is 10.0. The van der Waals surface area contributed by atoms with E-state index in [1.165, 1.54) is 0 Å². The van der Waals surface area contributed by atoms with Crippen LogP contribution >= 0.6 is 0 Å². The monoisotopic (exact) mass is 289 g/mol. The maximum absolute atomic E-state index is 12.6. The molecule has 0 bridgehead atoms.